The standard InChI is InChI=1S/C67H58N2O4/c1-65(2,48-19-9-6-10-20-48)50-32-37-54(38-33-50)69(55-39-34-51(35-40-55)66(3,4)49-21-11-7-12-22-49)44-67(5,52-23-13-8-14-24-52)53-36-41-61(59(43-53)45-28-30-46(31-29-45)63(70)71)68-62-56-25-16-15-18-47(56)42-60-57(62)26-17-27-58(60)64(72)73/h6-43,68H,44H2,1-5H3,(H,70,71)(H,72,73). The van der Waals surface area contributed by atoms with Gasteiger partial charge in [-0.05, 0) is 117 Å². The van der Waals surface area contributed by atoms with Gasteiger partial charge in [0.2, 0.25) is 0 Å². The van der Waals surface area contributed by atoms with Crippen LogP contribution in [-0.4, -0.2) is 28.7 Å². The summed E-state index contributed by atoms with van der Waals surface area (Å²) in [5.74, 6) is -2.00. The molecule has 6 nitrogen and oxygen atoms in total. The van der Waals surface area contributed by atoms with E-state index in [1.165, 1.54) is 22.3 Å². The molecule has 0 spiro atoms. The number of carbonyl (C=O) groups is 2. The second-order valence-corrected chi connectivity index (χ2v) is 20.3. The summed E-state index contributed by atoms with van der Waals surface area (Å²) >= 11 is 0. The third-order valence-corrected chi connectivity index (χ3v) is 15.2. The first-order valence-electron chi connectivity index (χ1n) is 24.8. The third kappa shape index (κ3) is 9.24. The Hall–Kier alpha value is -8.74. The molecule has 0 saturated carbocycles. The van der Waals surface area contributed by atoms with Gasteiger partial charge in [0, 0.05) is 56.2 Å². The molecule has 1 atom stereocenters. The molecule has 0 aliphatic carbocycles. The Labute approximate surface area is 427 Å². The molecule has 10 aromatic carbocycles. The molecular weight excluding hydrogens is 897 g/mol. The van der Waals surface area contributed by atoms with E-state index in [1.807, 2.05) is 48.5 Å². The highest BCUT2D eigenvalue weighted by Crippen LogP contribution is 2.45. The first kappa shape index (κ1) is 47.9. The van der Waals surface area contributed by atoms with Gasteiger partial charge in [0.15, 0.2) is 0 Å². The van der Waals surface area contributed by atoms with Gasteiger partial charge in [-0.1, -0.05) is 198 Å². The molecule has 3 N–H and O–H groups in total. The van der Waals surface area contributed by atoms with Crippen molar-refractivity contribution in [1.82, 2.24) is 0 Å². The molecule has 0 saturated heterocycles. The van der Waals surface area contributed by atoms with Crippen molar-refractivity contribution in [2.24, 2.45) is 0 Å². The van der Waals surface area contributed by atoms with Crippen LogP contribution in [0.1, 0.15) is 88.7 Å². The molecule has 0 fully saturated rings. The molecule has 6 heteroatoms. The predicted octanol–water partition coefficient (Wildman–Crippen LogP) is 16.6. The van der Waals surface area contributed by atoms with Gasteiger partial charge in [-0.15, -0.1) is 0 Å². The van der Waals surface area contributed by atoms with E-state index in [-0.39, 0.29) is 22.0 Å². The number of nitrogens with one attached hydrogen (secondary N) is 1. The fourth-order valence-corrected chi connectivity index (χ4v) is 10.5. The summed E-state index contributed by atoms with van der Waals surface area (Å²) in [6.07, 6.45) is 0. The monoisotopic (exact) mass is 954 g/mol. The van der Waals surface area contributed by atoms with E-state index in [0.717, 1.165) is 61.2 Å². The van der Waals surface area contributed by atoms with Crippen LogP contribution >= 0.6 is 0 Å². The lowest BCUT2D eigenvalue weighted by atomic mass is 9.74. The second kappa shape index (κ2) is 19.5. The molecule has 0 aliphatic rings. The summed E-state index contributed by atoms with van der Waals surface area (Å²) in [5.41, 5.74) is 11.8. The van der Waals surface area contributed by atoms with E-state index in [9.17, 15) is 19.8 Å². The molecule has 10 rings (SSSR count). The zero-order valence-electron chi connectivity index (χ0n) is 41.8. The first-order valence-corrected chi connectivity index (χ1v) is 24.8. The van der Waals surface area contributed by atoms with Gasteiger partial charge in [-0.3, -0.25) is 0 Å². The topological polar surface area (TPSA) is 89.9 Å². The van der Waals surface area contributed by atoms with Crippen molar-refractivity contribution >= 4 is 56.2 Å². The van der Waals surface area contributed by atoms with Crippen LogP contribution in [0.2, 0.25) is 0 Å². The zero-order chi connectivity index (χ0) is 50.9. The Kier molecular flexibility index (Phi) is 12.8. The molecule has 73 heavy (non-hydrogen) atoms. The maximum Gasteiger partial charge on any atom is 0.336 e. The van der Waals surface area contributed by atoms with Crippen LogP contribution in [0.15, 0.2) is 231 Å². The van der Waals surface area contributed by atoms with E-state index in [0.29, 0.717) is 11.9 Å². The van der Waals surface area contributed by atoms with Crippen molar-refractivity contribution in [2.45, 2.75) is 50.9 Å². The highest BCUT2D eigenvalue weighted by Gasteiger charge is 2.34. The molecule has 1 unspecified atom stereocenters. The minimum absolute atomic E-state index is 0.191. The number of rotatable bonds is 15. The van der Waals surface area contributed by atoms with Gasteiger partial charge in [-0.25, -0.2) is 9.59 Å². The summed E-state index contributed by atoms with van der Waals surface area (Å²) in [7, 11) is 0. The van der Waals surface area contributed by atoms with Crippen LogP contribution in [0.4, 0.5) is 22.7 Å². The molecule has 360 valence electrons. The van der Waals surface area contributed by atoms with Gasteiger partial charge >= 0.3 is 11.9 Å². The van der Waals surface area contributed by atoms with E-state index < -0.39 is 17.4 Å². The van der Waals surface area contributed by atoms with Crippen LogP contribution in [0.25, 0.3) is 32.7 Å². The molecule has 0 bridgehead atoms. The van der Waals surface area contributed by atoms with Crippen LogP contribution in [0.5, 0.6) is 0 Å². The molecular formula is C67H58N2O4. The van der Waals surface area contributed by atoms with Gasteiger partial charge < -0.3 is 20.4 Å². The second-order valence-electron chi connectivity index (χ2n) is 20.3. The number of hydrogen-bond acceptors (Lipinski definition) is 4. The molecule has 10 aromatic rings. The quantitative estimate of drug-likeness (QED) is 0.0887. The summed E-state index contributed by atoms with van der Waals surface area (Å²) in [6, 6.07) is 78.8. The zero-order valence-corrected chi connectivity index (χ0v) is 41.8. The van der Waals surface area contributed by atoms with E-state index >= 15 is 0 Å². The first-order chi connectivity index (χ1) is 35.2. The molecule has 0 amide bonds. The number of hydrogen-bond donors (Lipinski definition) is 3. The Morgan fingerprint density at radius 3 is 1.45 bits per heavy atom. The minimum atomic E-state index is -1.000. The van der Waals surface area contributed by atoms with Crippen molar-refractivity contribution in [3.63, 3.8) is 0 Å². The smallest absolute Gasteiger partial charge is 0.336 e. The predicted molar refractivity (Wildman–Crippen MR) is 300 cm³/mol. The van der Waals surface area contributed by atoms with Crippen molar-refractivity contribution < 1.29 is 19.8 Å². The Balaban J connectivity index is 1.14. The van der Waals surface area contributed by atoms with Crippen molar-refractivity contribution in [1.29, 1.82) is 0 Å². The summed E-state index contributed by atoms with van der Waals surface area (Å²) < 4.78 is 0. The summed E-state index contributed by atoms with van der Waals surface area (Å²) in [4.78, 5) is 27.2. The number of benzene rings is 10. The number of fused-ring (bicyclic) bond motifs is 2. The Morgan fingerprint density at radius 2 is 0.918 bits per heavy atom. The molecule has 0 heterocycles. The van der Waals surface area contributed by atoms with Crippen molar-refractivity contribution in [2.75, 3.05) is 16.8 Å². The third-order valence-electron chi connectivity index (χ3n) is 15.2. The fourth-order valence-electron chi connectivity index (χ4n) is 10.5. The van der Waals surface area contributed by atoms with E-state index in [2.05, 4.69) is 203 Å². The fraction of sp³-hybridized carbons (Fsp3) is 0.134. The highest BCUT2D eigenvalue weighted by atomic mass is 16.4. The average Bonchev–Trinajstić information content (AvgIpc) is 3.43. The maximum absolute atomic E-state index is 12.6. The number of aromatic carboxylic acids is 2. The Morgan fingerprint density at radius 1 is 0.438 bits per heavy atom. The SMILES string of the molecule is CC(C)(c1ccccc1)c1ccc(N(CC(C)(c2ccccc2)c2ccc(Nc3c4ccccc4cc4c(C(=O)O)cccc34)c(-c3ccc(C(=O)O)cc3)c2)c2ccc(C(C)(C)c3ccccc3)cc2)cc1. The lowest BCUT2D eigenvalue weighted by Crippen LogP contribution is -2.38. The molecule has 0 radical (unpaired) electrons. The van der Waals surface area contributed by atoms with Crippen molar-refractivity contribution in [3.05, 3.63) is 275 Å². The van der Waals surface area contributed by atoms with E-state index in [4.69, 9.17) is 0 Å². The van der Waals surface area contributed by atoms with Crippen LogP contribution < -0.4 is 10.2 Å². The molecule has 0 aliphatic heterocycles. The molecule has 0 aromatic heterocycles. The average molecular weight is 955 g/mol. The van der Waals surface area contributed by atoms with Crippen LogP contribution in [0, 0.1) is 0 Å². The van der Waals surface area contributed by atoms with Crippen molar-refractivity contribution in [3.8, 4) is 11.1 Å². The number of carboxylic acid groups (broad SMARTS) is 2. The maximum atomic E-state index is 12.6. The lowest BCUT2D eigenvalue weighted by Gasteiger charge is -2.39. The summed E-state index contributed by atoms with van der Waals surface area (Å²) in [5, 5.41) is 27.3. The number of nitrogens with zero attached hydrogens (tertiary/aromatic N) is 1. The van der Waals surface area contributed by atoms with Crippen LogP contribution in [-0.2, 0) is 16.2 Å². The number of carboxylic acids is 2. The van der Waals surface area contributed by atoms with Gasteiger partial charge in [0.25, 0.3) is 0 Å². The summed E-state index contributed by atoms with van der Waals surface area (Å²) in [6.45, 7) is 12.0. The highest BCUT2D eigenvalue weighted by molar-refractivity contribution is 6.17. The largest absolute Gasteiger partial charge is 0.478 e. The van der Waals surface area contributed by atoms with Crippen LogP contribution in [0.3, 0.4) is 0 Å². The van der Waals surface area contributed by atoms with Gasteiger partial charge in [0.05, 0.1) is 16.8 Å². The number of anilines is 4. The normalized spacial score (nSPS) is 12.6. The lowest BCUT2D eigenvalue weighted by molar-refractivity contribution is 0.0687. The van der Waals surface area contributed by atoms with Gasteiger partial charge in [-0.2, -0.15) is 0 Å². The Bertz CT molecular complexity index is 3510. The van der Waals surface area contributed by atoms with E-state index in [1.54, 1.807) is 24.3 Å². The minimum Gasteiger partial charge on any atom is -0.478 e. The van der Waals surface area contributed by atoms with Gasteiger partial charge in [0.1, 0.15) is 0 Å².